The number of aromatic hydroxyl groups is 1. The van der Waals surface area contributed by atoms with Gasteiger partial charge < -0.3 is 24.3 Å². The number of phenols is 1. The van der Waals surface area contributed by atoms with Crippen molar-refractivity contribution in [1.82, 2.24) is 30.0 Å². The third-order valence-corrected chi connectivity index (χ3v) is 6.53. The Balaban J connectivity index is 1.24. The molecule has 198 valence electrons. The van der Waals surface area contributed by atoms with Gasteiger partial charge in [0.05, 0.1) is 30.3 Å². The minimum Gasteiger partial charge on any atom is -0.507 e. The minimum atomic E-state index is -0.193. The first-order chi connectivity index (χ1) is 19.5. The quantitative estimate of drug-likeness (QED) is 0.282. The van der Waals surface area contributed by atoms with E-state index in [1.54, 1.807) is 68.0 Å². The number of rotatable bonds is 7. The number of hydrogen-bond acceptors (Lipinski definition) is 8. The summed E-state index contributed by atoms with van der Waals surface area (Å²) in [6.07, 6.45) is 5.03. The number of amides is 1. The van der Waals surface area contributed by atoms with E-state index in [4.69, 9.17) is 9.26 Å². The third kappa shape index (κ3) is 4.73. The van der Waals surface area contributed by atoms with Crippen molar-refractivity contribution in [2.24, 2.45) is 0 Å². The lowest BCUT2D eigenvalue weighted by atomic mass is 10.0. The van der Waals surface area contributed by atoms with Crippen LogP contribution in [0.2, 0.25) is 0 Å². The molecule has 0 atom stereocenters. The highest BCUT2D eigenvalue weighted by atomic mass is 16.5. The first-order valence-electron chi connectivity index (χ1n) is 12.4. The van der Waals surface area contributed by atoms with Crippen molar-refractivity contribution in [1.29, 1.82) is 0 Å². The van der Waals surface area contributed by atoms with Crippen LogP contribution in [-0.4, -0.2) is 55.2 Å². The van der Waals surface area contributed by atoms with Gasteiger partial charge in [0.25, 0.3) is 5.91 Å². The molecule has 0 fully saturated rings. The molecule has 6 rings (SSSR count). The predicted octanol–water partition coefficient (Wildman–Crippen LogP) is 5.33. The number of hydrogen-bond donors (Lipinski definition) is 2. The molecule has 1 amide bonds. The standard InChI is InChI=1S/C30H24N6O4/c1-36(17-21-16-25(35-40-21)18-9-12-31-13-10-18)30(38)20-5-7-24-26(15-20)34-28(33-24)23-14-19(6-8-27(23)37)22-4-3-11-32-29(22)39-2/h3-16,37H,17H2,1-2H3,(H,33,34). The van der Waals surface area contributed by atoms with Crippen LogP contribution >= 0.6 is 0 Å². The van der Waals surface area contributed by atoms with Crippen molar-refractivity contribution in [3.8, 4) is 45.4 Å². The Labute approximate surface area is 228 Å². The molecule has 4 heterocycles. The van der Waals surface area contributed by atoms with E-state index in [-0.39, 0.29) is 18.2 Å². The molecule has 2 N–H and O–H groups in total. The van der Waals surface area contributed by atoms with Gasteiger partial charge in [0.2, 0.25) is 5.88 Å². The number of methoxy groups -OCH3 is 1. The highest BCUT2D eigenvalue weighted by Crippen LogP contribution is 2.35. The fourth-order valence-corrected chi connectivity index (χ4v) is 4.50. The zero-order chi connectivity index (χ0) is 27.6. The van der Waals surface area contributed by atoms with Gasteiger partial charge in [-0.2, -0.15) is 0 Å². The van der Waals surface area contributed by atoms with Gasteiger partial charge in [-0.15, -0.1) is 0 Å². The number of imidazole rings is 1. The number of aromatic nitrogens is 5. The van der Waals surface area contributed by atoms with Gasteiger partial charge in [-0.3, -0.25) is 9.78 Å². The van der Waals surface area contributed by atoms with Gasteiger partial charge in [-0.1, -0.05) is 11.2 Å². The molecule has 0 aliphatic rings. The first-order valence-corrected chi connectivity index (χ1v) is 12.4. The number of H-pyrrole nitrogens is 1. The molecule has 40 heavy (non-hydrogen) atoms. The normalized spacial score (nSPS) is 11.1. The van der Waals surface area contributed by atoms with Gasteiger partial charge in [-0.05, 0) is 60.2 Å². The van der Waals surface area contributed by atoms with Crippen LogP contribution in [0.15, 0.2) is 89.8 Å². The van der Waals surface area contributed by atoms with Crippen molar-refractivity contribution in [2.45, 2.75) is 6.54 Å². The van der Waals surface area contributed by atoms with Crippen molar-refractivity contribution in [3.63, 3.8) is 0 Å². The lowest BCUT2D eigenvalue weighted by Crippen LogP contribution is -2.25. The highest BCUT2D eigenvalue weighted by molar-refractivity contribution is 5.97. The summed E-state index contributed by atoms with van der Waals surface area (Å²) in [5.74, 6) is 1.39. The summed E-state index contributed by atoms with van der Waals surface area (Å²) in [4.78, 5) is 31.0. The molecule has 0 aliphatic heterocycles. The van der Waals surface area contributed by atoms with Crippen molar-refractivity contribution >= 4 is 16.9 Å². The molecule has 2 aromatic carbocycles. The van der Waals surface area contributed by atoms with Gasteiger partial charge in [0, 0.05) is 48.4 Å². The Kier molecular flexibility index (Phi) is 6.41. The van der Waals surface area contributed by atoms with E-state index in [0.717, 1.165) is 22.2 Å². The summed E-state index contributed by atoms with van der Waals surface area (Å²) in [6, 6.07) is 19.7. The maximum absolute atomic E-state index is 13.2. The number of carbonyl (C=O) groups is 1. The Hall–Kier alpha value is -5.51. The maximum Gasteiger partial charge on any atom is 0.254 e. The zero-order valence-corrected chi connectivity index (χ0v) is 21.7. The van der Waals surface area contributed by atoms with Crippen LogP contribution in [0, 0.1) is 0 Å². The second-order valence-corrected chi connectivity index (χ2v) is 9.19. The predicted molar refractivity (Wildman–Crippen MR) is 149 cm³/mol. The molecule has 0 aliphatic carbocycles. The maximum atomic E-state index is 13.2. The Morgan fingerprint density at radius 2 is 1.85 bits per heavy atom. The molecular formula is C30H24N6O4. The van der Waals surface area contributed by atoms with E-state index < -0.39 is 0 Å². The Morgan fingerprint density at radius 1 is 1.00 bits per heavy atom. The van der Waals surface area contributed by atoms with Crippen molar-refractivity contribution in [3.05, 3.63) is 96.6 Å². The van der Waals surface area contributed by atoms with Crippen LogP contribution in [0.1, 0.15) is 16.1 Å². The van der Waals surface area contributed by atoms with E-state index >= 15 is 0 Å². The van der Waals surface area contributed by atoms with E-state index in [1.165, 1.54) is 0 Å². The molecule has 4 aromatic heterocycles. The van der Waals surface area contributed by atoms with Crippen LogP contribution in [0.3, 0.4) is 0 Å². The van der Waals surface area contributed by atoms with Crippen LogP contribution in [0.4, 0.5) is 0 Å². The highest BCUT2D eigenvalue weighted by Gasteiger charge is 2.18. The first kappa shape index (κ1) is 24.8. The number of nitrogens with one attached hydrogen (secondary N) is 1. The average molecular weight is 533 g/mol. The molecule has 0 saturated heterocycles. The van der Waals surface area contributed by atoms with Crippen LogP contribution in [0.25, 0.3) is 44.8 Å². The summed E-state index contributed by atoms with van der Waals surface area (Å²) >= 11 is 0. The van der Waals surface area contributed by atoms with Crippen molar-refractivity contribution in [2.75, 3.05) is 14.2 Å². The second kappa shape index (κ2) is 10.3. The number of benzene rings is 2. The number of phenolic OH excluding ortho intramolecular Hbond substituents is 1. The summed E-state index contributed by atoms with van der Waals surface area (Å²) in [7, 11) is 3.27. The molecule has 0 radical (unpaired) electrons. The van der Waals surface area contributed by atoms with Gasteiger partial charge >= 0.3 is 0 Å². The third-order valence-electron chi connectivity index (χ3n) is 6.53. The summed E-state index contributed by atoms with van der Waals surface area (Å²) in [6.45, 7) is 0.249. The smallest absolute Gasteiger partial charge is 0.254 e. The van der Waals surface area contributed by atoms with E-state index in [1.807, 2.05) is 36.4 Å². The SMILES string of the molecule is COc1ncccc1-c1ccc(O)c(-c2nc3cc(C(=O)N(C)Cc4cc(-c5ccncc5)no4)ccc3[nH]2)c1. The topological polar surface area (TPSA) is 130 Å². The molecule has 0 saturated carbocycles. The van der Waals surface area contributed by atoms with Gasteiger partial charge in [0.1, 0.15) is 17.3 Å². The van der Waals surface area contributed by atoms with E-state index in [0.29, 0.717) is 39.8 Å². The van der Waals surface area contributed by atoms with E-state index in [9.17, 15) is 9.90 Å². The fourth-order valence-electron chi connectivity index (χ4n) is 4.50. The molecule has 6 aromatic rings. The monoisotopic (exact) mass is 532 g/mol. The molecule has 10 nitrogen and oxygen atoms in total. The zero-order valence-electron chi connectivity index (χ0n) is 21.7. The van der Waals surface area contributed by atoms with Crippen LogP contribution < -0.4 is 4.74 Å². The Bertz CT molecular complexity index is 1830. The number of nitrogens with zero attached hydrogens (tertiary/aromatic N) is 5. The van der Waals surface area contributed by atoms with Crippen LogP contribution in [0.5, 0.6) is 11.6 Å². The molecule has 0 bridgehead atoms. The second-order valence-electron chi connectivity index (χ2n) is 9.19. The summed E-state index contributed by atoms with van der Waals surface area (Å²) < 4.78 is 10.8. The van der Waals surface area contributed by atoms with Crippen LogP contribution in [-0.2, 0) is 6.54 Å². The minimum absolute atomic E-state index is 0.0693. The Morgan fingerprint density at radius 3 is 2.67 bits per heavy atom. The largest absolute Gasteiger partial charge is 0.507 e. The lowest BCUT2D eigenvalue weighted by Gasteiger charge is -2.15. The lowest BCUT2D eigenvalue weighted by molar-refractivity contribution is 0.0772. The summed E-state index contributed by atoms with van der Waals surface area (Å²) in [5.41, 5.74) is 5.48. The molecule has 0 unspecified atom stereocenters. The molecule has 0 spiro atoms. The van der Waals surface area contributed by atoms with Gasteiger partial charge in [-0.25, -0.2) is 9.97 Å². The number of carbonyl (C=O) groups excluding carboxylic acids is 1. The molecular weight excluding hydrogens is 508 g/mol. The van der Waals surface area contributed by atoms with Gasteiger partial charge in [0.15, 0.2) is 5.76 Å². The van der Waals surface area contributed by atoms with E-state index in [2.05, 4.69) is 25.1 Å². The number of fused-ring (bicyclic) bond motifs is 1. The number of ether oxygens (including phenoxy) is 1. The average Bonchev–Trinajstić information content (AvgIpc) is 3.64. The molecule has 10 heteroatoms. The number of pyridine rings is 2. The fraction of sp³-hybridized carbons (Fsp3) is 0.100. The van der Waals surface area contributed by atoms with Crippen molar-refractivity contribution < 1.29 is 19.2 Å². The number of aromatic amines is 1. The summed E-state index contributed by atoms with van der Waals surface area (Å²) in [5, 5.41) is 14.7.